The van der Waals surface area contributed by atoms with Crippen molar-refractivity contribution in [2.24, 2.45) is 11.8 Å². The summed E-state index contributed by atoms with van der Waals surface area (Å²) in [5.74, 6) is -3.01. The van der Waals surface area contributed by atoms with E-state index in [1.807, 2.05) is 6.07 Å². The molecule has 5 nitrogen and oxygen atoms in total. The van der Waals surface area contributed by atoms with E-state index in [0.717, 1.165) is 4.47 Å². The predicted molar refractivity (Wildman–Crippen MR) is 68.6 cm³/mol. The molecule has 1 fully saturated rings. The van der Waals surface area contributed by atoms with Gasteiger partial charge in [-0.3, -0.25) is 19.7 Å². The fourth-order valence-corrected chi connectivity index (χ4v) is 2.22. The van der Waals surface area contributed by atoms with Gasteiger partial charge in [0.15, 0.2) is 0 Å². The van der Waals surface area contributed by atoms with Crippen LogP contribution in [0.25, 0.3) is 0 Å². The van der Waals surface area contributed by atoms with E-state index < -0.39 is 29.6 Å². The smallest absolute Gasteiger partial charge is 0.239 e. The third kappa shape index (κ3) is 2.43. The molecule has 1 aliphatic heterocycles. The number of anilines is 1. The van der Waals surface area contributed by atoms with Crippen LogP contribution in [-0.2, 0) is 14.4 Å². The molecule has 2 N–H and O–H groups in total. The van der Waals surface area contributed by atoms with Gasteiger partial charge in [-0.15, -0.1) is 0 Å². The van der Waals surface area contributed by atoms with Crippen molar-refractivity contribution in [1.29, 1.82) is 0 Å². The summed E-state index contributed by atoms with van der Waals surface area (Å²) < 4.78 is 0.820. The number of amides is 3. The number of benzene rings is 1. The molecule has 0 bridgehead atoms. The maximum atomic E-state index is 12.0. The van der Waals surface area contributed by atoms with Gasteiger partial charge >= 0.3 is 0 Å². The van der Waals surface area contributed by atoms with Crippen LogP contribution in [-0.4, -0.2) is 17.7 Å². The lowest BCUT2D eigenvalue weighted by Crippen LogP contribution is -2.31. The lowest BCUT2D eigenvalue weighted by Gasteiger charge is -2.11. The molecular formula is C12H11BrN2O3. The summed E-state index contributed by atoms with van der Waals surface area (Å²) in [7, 11) is 0. The second-order valence-corrected chi connectivity index (χ2v) is 5.04. The number of rotatable bonds is 2. The summed E-state index contributed by atoms with van der Waals surface area (Å²) in [6, 6.07) is 7.02. The summed E-state index contributed by atoms with van der Waals surface area (Å²) in [5, 5.41) is 4.77. The van der Waals surface area contributed by atoms with Crippen molar-refractivity contribution in [1.82, 2.24) is 5.32 Å². The van der Waals surface area contributed by atoms with Gasteiger partial charge in [0.1, 0.15) is 5.92 Å². The lowest BCUT2D eigenvalue weighted by atomic mass is 9.96. The minimum Gasteiger partial charge on any atom is -0.325 e. The van der Waals surface area contributed by atoms with Crippen LogP contribution in [0, 0.1) is 11.8 Å². The Labute approximate surface area is 112 Å². The van der Waals surface area contributed by atoms with Crippen LogP contribution >= 0.6 is 15.9 Å². The van der Waals surface area contributed by atoms with Gasteiger partial charge in [0.05, 0.1) is 5.92 Å². The molecule has 1 saturated heterocycles. The van der Waals surface area contributed by atoms with E-state index >= 15 is 0 Å². The van der Waals surface area contributed by atoms with Gasteiger partial charge in [-0.05, 0) is 18.2 Å². The number of nitrogens with one attached hydrogen (secondary N) is 2. The first-order valence-corrected chi connectivity index (χ1v) is 6.19. The van der Waals surface area contributed by atoms with Crippen LogP contribution in [0.2, 0.25) is 0 Å². The number of imide groups is 1. The maximum Gasteiger partial charge on any atom is 0.239 e. The van der Waals surface area contributed by atoms with Gasteiger partial charge in [0.2, 0.25) is 17.7 Å². The molecule has 0 saturated carbocycles. The molecule has 1 heterocycles. The topological polar surface area (TPSA) is 75.3 Å². The summed E-state index contributed by atoms with van der Waals surface area (Å²) in [4.78, 5) is 34.7. The van der Waals surface area contributed by atoms with E-state index in [2.05, 4.69) is 26.6 Å². The third-order valence-corrected chi connectivity index (χ3v) is 3.31. The minimum atomic E-state index is -0.962. The Bertz CT molecular complexity index is 530. The van der Waals surface area contributed by atoms with Gasteiger partial charge in [-0.2, -0.15) is 0 Å². The van der Waals surface area contributed by atoms with Crippen LogP contribution in [0.3, 0.4) is 0 Å². The molecular weight excluding hydrogens is 300 g/mol. The number of carbonyl (C=O) groups is 3. The van der Waals surface area contributed by atoms with E-state index in [1.165, 1.54) is 0 Å². The normalized spacial score (nSPS) is 22.8. The Kier molecular flexibility index (Phi) is 3.47. The first-order valence-electron chi connectivity index (χ1n) is 5.40. The summed E-state index contributed by atoms with van der Waals surface area (Å²) in [6.45, 7) is 1.56. The molecule has 1 aliphatic rings. The summed E-state index contributed by atoms with van der Waals surface area (Å²) in [6.07, 6.45) is 0. The van der Waals surface area contributed by atoms with Crippen molar-refractivity contribution in [3.63, 3.8) is 0 Å². The Hall–Kier alpha value is -1.69. The maximum absolute atomic E-state index is 12.0. The van der Waals surface area contributed by atoms with Crippen molar-refractivity contribution < 1.29 is 14.4 Å². The highest BCUT2D eigenvalue weighted by Gasteiger charge is 2.43. The number of halogens is 1. The molecule has 0 radical (unpaired) electrons. The number of hydrogen-bond acceptors (Lipinski definition) is 3. The Balaban J connectivity index is 2.13. The second-order valence-electron chi connectivity index (χ2n) is 4.12. The highest BCUT2D eigenvalue weighted by Crippen LogP contribution is 2.22. The number of hydrogen-bond donors (Lipinski definition) is 2. The van der Waals surface area contributed by atoms with Crippen LogP contribution in [0.4, 0.5) is 5.69 Å². The molecule has 0 spiro atoms. The van der Waals surface area contributed by atoms with Crippen LogP contribution in [0.15, 0.2) is 28.7 Å². The monoisotopic (exact) mass is 310 g/mol. The zero-order valence-corrected chi connectivity index (χ0v) is 11.2. The zero-order valence-electron chi connectivity index (χ0n) is 9.57. The molecule has 0 aromatic heterocycles. The second kappa shape index (κ2) is 4.89. The fourth-order valence-electron chi connectivity index (χ4n) is 1.82. The van der Waals surface area contributed by atoms with E-state index in [1.54, 1.807) is 25.1 Å². The quantitative estimate of drug-likeness (QED) is 0.638. The molecule has 0 aliphatic carbocycles. The average molecular weight is 311 g/mol. The molecule has 94 valence electrons. The lowest BCUT2D eigenvalue weighted by molar-refractivity contribution is -0.131. The molecule has 2 atom stereocenters. The van der Waals surface area contributed by atoms with Gasteiger partial charge in [-0.25, -0.2) is 0 Å². The molecule has 6 heteroatoms. The highest BCUT2D eigenvalue weighted by atomic mass is 79.9. The first-order chi connectivity index (χ1) is 8.49. The van der Waals surface area contributed by atoms with Crippen LogP contribution in [0.5, 0.6) is 0 Å². The molecule has 1 aromatic rings. The van der Waals surface area contributed by atoms with Crippen molar-refractivity contribution in [2.45, 2.75) is 6.92 Å². The minimum absolute atomic E-state index is 0.408. The van der Waals surface area contributed by atoms with Gasteiger partial charge < -0.3 is 5.32 Å². The van der Waals surface area contributed by atoms with Gasteiger partial charge in [0.25, 0.3) is 0 Å². The molecule has 1 aromatic carbocycles. The SMILES string of the molecule is CC1C(=O)NC(=O)C1C(=O)Nc1cccc(Br)c1. The Morgan fingerprint density at radius 1 is 1.33 bits per heavy atom. The number of carbonyl (C=O) groups excluding carboxylic acids is 3. The van der Waals surface area contributed by atoms with Gasteiger partial charge in [0, 0.05) is 10.2 Å². The molecule has 3 amide bonds. The third-order valence-electron chi connectivity index (χ3n) is 2.82. The van der Waals surface area contributed by atoms with Crippen LogP contribution < -0.4 is 10.6 Å². The van der Waals surface area contributed by atoms with E-state index in [4.69, 9.17) is 0 Å². The van der Waals surface area contributed by atoms with Crippen LogP contribution in [0.1, 0.15) is 6.92 Å². The van der Waals surface area contributed by atoms with Crippen molar-refractivity contribution in [2.75, 3.05) is 5.32 Å². The van der Waals surface area contributed by atoms with Crippen molar-refractivity contribution >= 4 is 39.3 Å². The standard InChI is InChI=1S/C12H11BrN2O3/c1-6-9(12(18)15-10(6)16)11(17)14-8-4-2-3-7(13)5-8/h2-6,9H,1H3,(H,14,17)(H,15,16,18). The molecule has 18 heavy (non-hydrogen) atoms. The van der Waals surface area contributed by atoms with Gasteiger partial charge in [-0.1, -0.05) is 28.9 Å². The first kappa shape index (κ1) is 12.8. The Morgan fingerprint density at radius 3 is 2.61 bits per heavy atom. The zero-order chi connectivity index (χ0) is 13.3. The molecule has 2 unspecified atom stereocenters. The van der Waals surface area contributed by atoms with Crippen molar-refractivity contribution in [3.8, 4) is 0 Å². The average Bonchev–Trinajstić information content (AvgIpc) is 2.53. The Morgan fingerprint density at radius 2 is 2.06 bits per heavy atom. The van der Waals surface area contributed by atoms with Crippen molar-refractivity contribution in [3.05, 3.63) is 28.7 Å². The predicted octanol–water partition coefficient (Wildman–Crippen LogP) is 1.30. The van der Waals surface area contributed by atoms with E-state index in [-0.39, 0.29) is 0 Å². The highest BCUT2D eigenvalue weighted by molar-refractivity contribution is 9.10. The summed E-state index contributed by atoms with van der Waals surface area (Å²) >= 11 is 3.28. The largest absolute Gasteiger partial charge is 0.325 e. The fraction of sp³-hybridized carbons (Fsp3) is 0.250. The van der Waals surface area contributed by atoms with E-state index in [9.17, 15) is 14.4 Å². The van der Waals surface area contributed by atoms with E-state index in [0.29, 0.717) is 5.69 Å². The summed E-state index contributed by atoms with van der Waals surface area (Å²) in [5.41, 5.74) is 0.578. The molecule has 2 rings (SSSR count).